The number of carboxylic acid groups (broad SMARTS) is 1. The number of carboxylic acids is 1. The van der Waals surface area contributed by atoms with Crippen LogP contribution in [0.15, 0.2) is 54.6 Å². The minimum atomic E-state index is -0.877. The van der Waals surface area contributed by atoms with Crippen molar-refractivity contribution in [1.29, 1.82) is 0 Å². The zero-order chi connectivity index (χ0) is 13.2. The third-order valence-corrected chi connectivity index (χ3v) is 3.63. The van der Waals surface area contributed by atoms with Gasteiger partial charge in [0.1, 0.15) is 0 Å². The first-order chi connectivity index (χ1) is 9.24. The van der Waals surface area contributed by atoms with Crippen LogP contribution in [-0.4, -0.2) is 24.2 Å². The van der Waals surface area contributed by atoms with Gasteiger partial charge in [0.15, 0.2) is 0 Å². The van der Waals surface area contributed by atoms with Gasteiger partial charge in [-0.3, -0.25) is 0 Å². The topological polar surface area (TPSA) is 40.5 Å². The second kappa shape index (κ2) is 4.76. The molecule has 0 bridgehead atoms. The summed E-state index contributed by atoms with van der Waals surface area (Å²) in [6, 6.07) is 17.6. The third-order valence-electron chi connectivity index (χ3n) is 3.63. The van der Waals surface area contributed by atoms with E-state index in [-0.39, 0.29) is 0 Å². The fraction of sp³-hybridized carbons (Fsp3) is 0.188. The number of nitrogens with zero attached hydrogens (tertiary/aromatic N) is 1. The van der Waals surface area contributed by atoms with Crippen LogP contribution in [0.4, 0.5) is 5.69 Å². The van der Waals surface area contributed by atoms with Gasteiger partial charge in [0.2, 0.25) is 0 Å². The number of hydrogen-bond donors (Lipinski definition) is 1. The Labute approximate surface area is 112 Å². The van der Waals surface area contributed by atoms with E-state index in [4.69, 9.17) is 5.11 Å². The van der Waals surface area contributed by atoms with E-state index in [0.29, 0.717) is 11.5 Å². The van der Waals surface area contributed by atoms with Crippen molar-refractivity contribution in [2.75, 3.05) is 18.0 Å². The van der Waals surface area contributed by atoms with Crippen LogP contribution in [0.3, 0.4) is 0 Å². The van der Waals surface area contributed by atoms with Crippen molar-refractivity contribution in [3.05, 3.63) is 65.7 Å². The van der Waals surface area contributed by atoms with Crippen molar-refractivity contribution in [3.63, 3.8) is 0 Å². The predicted octanol–water partition coefficient (Wildman–Crippen LogP) is 2.99. The van der Waals surface area contributed by atoms with Crippen LogP contribution in [0.5, 0.6) is 0 Å². The largest absolute Gasteiger partial charge is 0.478 e. The molecule has 3 rings (SSSR count). The second-order valence-electron chi connectivity index (χ2n) is 4.86. The Morgan fingerprint density at radius 1 is 1.00 bits per heavy atom. The summed E-state index contributed by atoms with van der Waals surface area (Å²) in [7, 11) is 0. The fourth-order valence-electron chi connectivity index (χ4n) is 2.44. The summed E-state index contributed by atoms with van der Waals surface area (Å²) in [5.74, 6) is -0.294. The summed E-state index contributed by atoms with van der Waals surface area (Å²) < 4.78 is 0. The lowest BCUT2D eigenvalue weighted by Gasteiger charge is -2.41. The van der Waals surface area contributed by atoms with Crippen molar-refractivity contribution in [3.8, 4) is 0 Å². The highest BCUT2D eigenvalue weighted by Crippen LogP contribution is 2.31. The van der Waals surface area contributed by atoms with E-state index in [1.807, 2.05) is 18.2 Å². The molecule has 0 radical (unpaired) electrons. The molecule has 0 spiro atoms. The molecule has 3 heteroatoms. The van der Waals surface area contributed by atoms with E-state index in [0.717, 1.165) is 18.8 Å². The second-order valence-corrected chi connectivity index (χ2v) is 4.86. The van der Waals surface area contributed by atoms with Crippen LogP contribution < -0.4 is 4.90 Å². The van der Waals surface area contributed by atoms with Gasteiger partial charge in [0, 0.05) is 24.7 Å². The van der Waals surface area contributed by atoms with Crippen LogP contribution in [0.1, 0.15) is 21.8 Å². The van der Waals surface area contributed by atoms with E-state index in [2.05, 4.69) is 29.2 Å². The van der Waals surface area contributed by atoms with Gasteiger partial charge in [-0.2, -0.15) is 0 Å². The molecule has 1 saturated heterocycles. The number of aromatic carboxylic acids is 1. The lowest BCUT2D eigenvalue weighted by molar-refractivity contribution is 0.0697. The first-order valence-corrected chi connectivity index (χ1v) is 6.37. The first-order valence-electron chi connectivity index (χ1n) is 6.37. The van der Waals surface area contributed by atoms with E-state index in [1.54, 1.807) is 12.1 Å². The quantitative estimate of drug-likeness (QED) is 0.914. The normalized spacial score (nSPS) is 15.1. The molecule has 0 aromatic heterocycles. The average molecular weight is 253 g/mol. The van der Waals surface area contributed by atoms with Gasteiger partial charge in [-0.1, -0.05) is 30.3 Å². The molecule has 0 unspecified atom stereocenters. The van der Waals surface area contributed by atoms with Gasteiger partial charge in [0.25, 0.3) is 0 Å². The molecule has 3 nitrogen and oxygen atoms in total. The van der Waals surface area contributed by atoms with Gasteiger partial charge < -0.3 is 10.0 Å². The SMILES string of the molecule is O=C(O)c1ccc(N2CC(c3ccccc3)C2)cc1. The van der Waals surface area contributed by atoms with Crippen molar-refractivity contribution >= 4 is 11.7 Å². The zero-order valence-corrected chi connectivity index (χ0v) is 10.5. The summed E-state index contributed by atoms with van der Waals surface area (Å²) >= 11 is 0. The Morgan fingerprint density at radius 3 is 2.21 bits per heavy atom. The summed E-state index contributed by atoms with van der Waals surface area (Å²) in [4.78, 5) is 13.1. The van der Waals surface area contributed by atoms with Crippen LogP contribution in [0.2, 0.25) is 0 Å². The van der Waals surface area contributed by atoms with E-state index in [1.165, 1.54) is 5.56 Å². The van der Waals surface area contributed by atoms with Crippen LogP contribution in [0, 0.1) is 0 Å². The molecule has 1 fully saturated rings. The minimum Gasteiger partial charge on any atom is -0.478 e. The maximum Gasteiger partial charge on any atom is 0.335 e. The first kappa shape index (κ1) is 11.8. The standard InChI is InChI=1S/C16H15NO2/c18-16(19)13-6-8-15(9-7-13)17-10-14(11-17)12-4-2-1-3-5-12/h1-9,14H,10-11H2,(H,18,19). The molecular weight excluding hydrogens is 238 g/mol. The zero-order valence-electron chi connectivity index (χ0n) is 10.5. The maximum atomic E-state index is 10.8. The summed E-state index contributed by atoms with van der Waals surface area (Å²) in [6.07, 6.45) is 0. The number of rotatable bonds is 3. The Kier molecular flexibility index (Phi) is 2.95. The Hall–Kier alpha value is -2.29. The number of carbonyl (C=O) groups is 1. The van der Waals surface area contributed by atoms with Crippen LogP contribution in [-0.2, 0) is 0 Å². The summed E-state index contributed by atoms with van der Waals surface area (Å²) in [5, 5.41) is 8.86. The molecule has 0 aliphatic carbocycles. The Balaban J connectivity index is 1.66. The van der Waals surface area contributed by atoms with Gasteiger partial charge in [-0.25, -0.2) is 4.79 Å². The molecule has 96 valence electrons. The highest BCUT2D eigenvalue weighted by Gasteiger charge is 2.27. The highest BCUT2D eigenvalue weighted by molar-refractivity contribution is 5.88. The number of anilines is 1. The molecule has 2 aromatic carbocycles. The molecular formula is C16H15NO2. The Morgan fingerprint density at radius 2 is 1.63 bits per heavy atom. The molecule has 0 atom stereocenters. The molecule has 1 N–H and O–H groups in total. The summed E-state index contributed by atoms with van der Waals surface area (Å²) in [5.41, 5.74) is 2.81. The highest BCUT2D eigenvalue weighted by atomic mass is 16.4. The van der Waals surface area contributed by atoms with Crippen molar-refractivity contribution < 1.29 is 9.90 Å². The van der Waals surface area contributed by atoms with E-state index >= 15 is 0 Å². The molecule has 1 aliphatic rings. The van der Waals surface area contributed by atoms with Crippen LogP contribution in [0.25, 0.3) is 0 Å². The van der Waals surface area contributed by atoms with E-state index < -0.39 is 5.97 Å². The monoisotopic (exact) mass is 253 g/mol. The molecule has 1 aliphatic heterocycles. The van der Waals surface area contributed by atoms with Crippen molar-refractivity contribution in [2.24, 2.45) is 0 Å². The lowest BCUT2D eigenvalue weighted by Crippen LogP contribution is -2.45. The maximum absolute atomic E-state index is 10.8. The third kappa shape index (κ3) is 2.32. The van der Waals surface area contributed by atoms with Crippen molar-refractivity contribution in [2.45, 2.75) is 5.92 Å². The van der Waals surface area contributed by atoms with Gasteiger partial charge >= 0.3 is 5.97 Å². The van der Waals surface area contributed by atoms with Crippen LogP contribution >= 0.6 is 0 Å². The smallest absolute Gasteiger partial charge is 0.335 e. The van der Waals surface area contributed by atoms with Gasteiger partial charge in [-0.05, 0) is 29.8 Å². The minimum absolute atomic E-state index is 0.337. The molecule has 0 saturated carbocycles. The van der Waals surface area contributed by atoms with Gasteiger partial charge in [0.05, 0.1) is 5.56 Å². The Bertz CT molecular complexity index is 571. The molecule has 19 heavy (non-hydrogen) atoms. The number of hydrogen-bond acceptors (Lipinski definition) is 2. The fourth-order valence-corrected chi connectivity index (χ4v) is 2.44. The molecule has 0 amide bonds. The number of benzene rings is 2. The average Bonchev–Trinajstić information content (AvgIpc) is 2.39. The van der Waals surface area contributed by atoms with Gasteiger partial charge in [-0.15, -0.1) is 0 Å². The predicted molar refractivity (Wildman–Crippen MR) is 74.8 cm³/mol. The summed E-state index contributed by atoms with van der Waals surface area (Å²) in [6.45, 7) is 1.99. The van der Waals surface area contributed by atoms with E-state index in [9.17, 15) is 4.79 Å². The molecule has 2 aromatic rings. The lowest BCUT2D eigenvalue weighted by atomic mass is 9.91. The molecule has 1 heterocycles. The van der Waals surface area contributed by atoms with Crippen molar-refractivity contribution in [1.82, 2.24) is 0 Å².